The fourth-order valence-corrected chi connectivity index (χ4v) is 2.97. The molecule has 2 aromatic rings. The van der Waals surface area contributed by atoms with E-state index in [2.05, 4.69) is 59.2 Å². The molecule has 20 heavy (non-hydrogen) atoms. The molecular weight excluding hydrogens is 248 g/mol. The SMILES string of the molecule is Cc1ccc2c(N3CCNC[C@@H]3C(C)C)ncnc2c1. The maximum atomic E-state index is 4.58. The highest BCUT2D eigenvalue weighted by atomic mass is 15.3. The van der Waals surface area contributed by atoms with Crippen molar-refractivity contribution >= 4 is 16.7 Å². The van der Waals surface area contributed by atoms with Crippen LogP contribution in [0.15, 0.2) is 24.5 Å². The summed E-state index contributed by atoms with van der Waals surface area (Å²) >= 11 is 0. The molecule has 0 spiro atoms. The number of hydrogen-bond donors (Lipinski definition) is 1. The average molecular weight is 270 g/mol. The molecule has 0 unspecified atom stereocenters. The Hall–Kier alpha value is -1.68. The van der Waals surface area contributed by atoms with Crippen LogP contribution < -0.4 is 10.2 Å². The van der Waals surface area contributed by atoms with Gasteiger partial charge in [-0.25, -0.2) is 9.97 Å². The molecule has 1 saturated heterocycles. The first-order valence-corrected chi connectivity index (χ1v) is 7.35. The van der Waals surface area contributed by atoms with Gasteiger partial charge in [-0.3, -0.25) is 0 Å². The van der Waals surface area contributed by atoms with Crippen LogP contribution >= 0.6 is 0 Å². The second-order valence-corrected chi connectivity index (χ2v) is 5.93. The van der Waals surface area contributed by atoms with Crippen LogP contribution in [0.1, 0.15) is 19.4 Å². The summed E-state index contributed by atoms with van der Waals surface area (Å²) in [6.07, 6.45) is 1.69. The van der Waals surface area contributed by atoms with Gasteiger partial charge in [0.05, 0.1) is 5.52 Å². The van der Waals surface area contributed by atoms with E-state index in [4.69, 9.17) is 0 Å². The number of aromatic nitrogens is 2. The Kier molecular flexibility index (Phi) is 3.57. The number of nitrogens with zero attached hydrogens (tertiary/aromatic N) is 3. The number of piperazine rings is 1. The lowest BCUT2D eigenvalue weighted by atomic mass is 10.00. The summed E-state index contributed by atoms with van der Waals surface area (Å²) in [6, 6.07) is 6.91. The Morgan fingerprint density at radius 2 is 2.15 bits per heavy atom. The quantitative estimate of drug-likeness (QED) is 0.909. The normalized spacial score (nSPS) is 19.8. The molecule has 0 amide bonds. The van der Waals surface area contributed by atoms with Crippen LogP contribution in [-0.2, 0) is 0 Å². The van der Waals surface area contributed by atoms with Crippen LogP contribution in [0.2, 0.25) is 0 Å². The lowest BCUT2D eigenvalue weighted by Gasteiger charge is -2.39. The molecule has 1 aliphatic heterocycles. The van der Waals surface area contributed by atoms with Crippen molar-refractivity contribution in [1.29, 1.82) is 0 Å². The summed E-state index contributed by atoms with van der Waals surface area (Å²) in [5, 5.41) is 4.65. The van der Waals surface area contributed by atoms with Crippen LogP contribution in [0, 0.1) is 12.8 Å². The Bertz CT molecular complexity index is 608. The molecular formula is C16H22N4. The van der Waals surface area contributed by atoms with E-state index in [0.717, 1.165) is 36.4 Å². The second kappa shape index (κ2) is 5.37. The maximum Gasteiger partial charge on any atom is 0.140 e. The van der Waals surface area contributed by atoms with E-state index >= 15 is 0 Å². The summed E-state index contributed by atoms with van der Waals surface area (Å²) in [6.45, 7) is 9.69. The van der Waals surface area contributed by atoms with Gasteiger partial charge in [-0.15, -0.1) is 0 Å². The highest BCUT2D eigenvalue weighted by molar-refractivity contribution is 5.89. The Balaban J connectivity index is 2.08. The average Bonchev–Trinajstić information content (AvgIpc) is 2.46. The minimum Gasteiger partial charge on any atom is -0.350 e. The summed E-state index contributed by atoms with van der Waals surface area (Å²) in [5.41, 5.74) is 2.28. The molecule has 0 saturated carbocycles. The minimum absolute atomic E-state index is 0.489. The monoisotopic (exact) mass is 270 g/mol. The van der Waals surface area contributed by atoms with Crippen LogP contribution in [0.3, 0.4) is 0 Å². The van der Waals surface area contributed by atoms with Crippen molar-refractivity contribution in [3.05, 3.63) is 30.1 Å². The predicted octanol–water partition coefficient (Wildman–Crippen LogP) is 2.37. The van der Waals surface area contributed by atoms with E-state index in [1.807, 2.05) is 0 Å². The van der Waals surface area contributed by atoms with Gasteiger partial charge in [0.2, 0.25) is 0 Å². The zero-order valence-corrected chi connectivity index (χ0v) is 12.4. The van der Waals surface area contributed by atoms with Gasteiger partial charge in [0.25, 0.3) is 0 Å². The van der Waals surface area contributed by atoms with Crippen LogP contribution in [-0.4, -0.2) is 35.6 Å². The molecule has 1 aliphatic rings. The highest BCUT2D eigenvalue weighted by Gasteiger charge is 2.27. The molecule has 1 atom stereocenters. The van der Waals surface area contributed by atoms with Crippen molar-refractivity contribution in [1.82, 2.24) is 15.3 Å². The van der Waals surface area contributed by atoms with Gasteiger partial charge in [-0.05, 0) is 30.5 Å². The van der Waals surface area contributed by atoms with E-state index in [1.54, 1.807) is 6.33 Å². The standard InChI is InChI=1S/C16H22N4/c1-11(2)15-9-17-6-7-20(15)16-13-5-4-12(3)8-14(13)18-10-19-16/h4-5,8,10-11,15,17H,6-7,9H2,1-3H3/t15-/m1/s1. The van der Waals surface area contributed by atoms with Crippen molar-refractivity contribution in [3.63, 3.8) is 0 Å². The van der Waals surface area contributed by atoms with Crippen molar-refractivity contribution in [2.75, 3.05) is 24.5 Å². The number of hydrogen-bond acceptors (Lipinski definition) is 4. The van der Waals surface area contributed by atoms with Crippen LogP contribution in [0.5, 0.6) is 0 Å². The molecule has 3 rings (SSSR count). The fourth-order valence-electron chi connectivity index (χ4n) is 2.97. The summed E-state index contributed by atoms with van der Waals surface area (Å²) < 4.78 is 0. The van der Waals surface area contributed by atoms with E-state index in [1.165, 1.54) is 5.56 Å². The second-order valence-electron chi connectivity index (χ2n) is 5.93. The zero-order valence-electron chi connectivity index (χ0n) is 12.4. The Morgan fingerprint density at radius 3 is 2.95 bits per heavy atom. The largest absolute Gasteiger partial charge is 0.350 e. The smallest absolute Gasteiger partial charge is 0.140 e. The lowest BCUT2D eigenvalue weighted by Crippen LogP contribution is -2.54. The third-order valence-corrected chi connectivity index (χ3v) is 4.10. The molecule has 0 aliphatic carbocycles. The first-order valence-electron chi connectivity index (χ1n) is 7.35. The zero-order chi connectivity index (χ0) is 14.1. The van der Waals surface area contributed by atoms with Gasteiger partial charge < -0.3 is 10.2 Å². The van der Waals surface area contributed by atoms with Crippen molar-refractivity contribution in [2.24, 2.45) is 5.92 Å². The number of fused-ring (bicyclic) bond motifs is 1. The van der Waals surface area contributed by atoms with Crippen molar-refractivity contribution in [2.45, 2.75) is 26.8 Å². The number of aryl methyl sites for hydroxylation is 1. The molecule has 0 radical (unpaired) electrons. The summed E-state index contributed by atoms with van der Waals surface area (Å²) in [4.78, 5) is 11.4. The molecule has 1 aromatic carbocycles. The van der Waals surface area contributed by atoms with Crippen molar-refractivity contribution < 1.29 is 0 Å². The molecule has 0 bridgehead atoms. The first kappa shape index (κ1) is 13.3. The van der Waals surface area contributed by atoms with E-state index in [0.29, 0.717) is 12.0 Å². The van der Waals surface area contributed by atoms with Gasteiger partial charge >= 0.3 is 0 Å². The predicted molar refractivity (Wildman–Crippen MR) is 83.1 cm³/mol. The topological polar surface area (TPSA) is 41.0 Å². The number of anilines is 1. The summed E-state index contributed by atoms with van der Waals surface area (Å²) in [7, 11) is 0. The molecule has 1 aromatic heterocycles. The Labute approximate surface area is 120 Å². The van der Waals surface area contributed by atoms with Gasteiger partial charge in [0, 0.05) is 31.1 Å². The van der Waals surface area contributed by atoms with E-state index in [9.17, 15) is 0 Å². The lowest BCUT2D eigenvalue weighted by molar-refractivity contribution is 0.389. The van der Waals surface area contributed by atoms with Crippen LogP contribution in [0.25, 0.3) is 10.9 Å². The van der Waals surface area contributed by atoms with E-state index < -0.39 is 0 Å². The molecule has 2 heterocycles. The number of rotatable bonds is 2. The molecule has 4 heteroatoms. The molecule has 106 valence electrons. The van der Waals surface area contributed by atoms with Crippen molar-refractivity contribution in [3.8, 4) is 0 Å². The van der Waals surface area contributed by atoms with Gasteiger partial charge in [0.1, 0.15) is 12.1 Å². The molecule has 4 nitrogen and oxygen atoms in total. The van der Waals surface area contributed by atoms with Gasteiger partial charge in [-0.1, -0.05) is 19.9 Å². The first-order chi connectivity index (χ1) is 9.66. The maximum absolute atomic E-state index is 4.58. The van der Waals surface area contributed by atoms with Gasteiger partial charge in [-0.2, -0.15) is 0 Å². The molecule has 1 N–H and O–H groups in total. The number of benzene rings is 1. The third-order valence-electron chi connectivity index (χ3n) is 4.10. The number of nitrogens with one attached hydrogen (secondary N) is 1. The van der Waals surface area contributed by atoms with E-state index in [-0.39, 0.29) is 0 Å². The Morgan fingerprint density at radius 1 is 1.30 bits per heavy atom. The minimum atomic E-state index is 0.489. The van der Waals surface area contributed by atoms with Crippen LogP contribution in [0.4, 0.5) is 5.82 Å². The fraction of sp³-hybridized carbons (Fsp3) is 0.500. The highest BCUT2D eigenvalue weighted by Crippen LogP contribution is 2.27. The summed E-state index contributed by atoms with van der Waals surface area (Å²) in [5.74, 6) is 1.67. The molecule has 1 fully saturated rings. The van der Waals surface area contributed by atoms with Gasteiger partial charge in [0.15, 0.2) is 0 Å². The third kappa shape index (κ3) is 2.36.